The number of likely N-dealkylation sites (tertiary alicyclic amines) is 1. The first-order chi connectivity index (χ1) is 15.0. The molecule has 1 aromatic carbocycles. The number of amides is 1. The fourth-order valence-electron chi connectivity index (χ4n) is 4.21. The van der Waals surface area contributed by atoms with Gasteiger partial charge < -0.3 is 14.5 Å². The predicted octanol–water partition coefficient (Wildman–Crippen LogP) is 4.22. The topological polar surface area (TPSA) is 72.5 Å². The van der Waals surface area contributed by atoms with Gasteiger partial charge in [-0.15, -0.1) is 0 Å². The van der Waals surface area contributed by atoms with Crippen LogP contribution in [0.3, 0.4) is 0 Å². The maximum absolute atomic E-state index is 13.1. The van der Waals surface area contributed by atoms with Gasteiger partial charge >= 0.3 is 0 Å². The molecule has 0 spiro atoms. The number of furan rings is 1. The van der Waals surface area contributed by atoms with Crippen LogP contribution in [0.4, 0.5) is 5.69 Å². The summed E-state index contributed by atoms with van der Waals surface area (Å²) < 4.78 is 12.9. The molecule has 1 saturated heterocycles. The van der Waals surface area contributed by atoms with E-state index in [0.29, 0.717) is 13.2 Å². The van der Waals surface area contributed by atoms with Gasteiger partial charge in [0.05, 0.1) is 24.0 Å². The van der Waals surface area contributed by atoms with Gasteiger partial charge in [-0.2, -0.15) is 5.10 Å². The summed E-state index contributed by atoms with van der Waals surface area (Å²) in [5.41, 5.74) is 3.84. The summed E-state index contributed by atoms with van der Waals surface area (Å²) in [5.74, 6) is 1.70. The molecule has 1 amide bonds. The molecule has 1 aliphatic heterocycles. The summed E-state index contributed by atoms with van der Waals surface area (Å²) in [6.07, 6.45) is 2.99. The Kier molecular flexibility index (Phi) is 6.53. The van der Waals surface area contributed by atoms with Crippen LogP contribution >= 0.6 is 0 Å². The molecule has 31 heavy (non-hydrogen) atoms. The van der Waals surface area contributed by atoms with Crippen molar-refractivity contribution >= 4 is 11.6 Å². The molecule has 1 N–H and O–H groups in total. The predicted molar refractivity (Wildman–Crippen MR) is 119 cm³/mol. The Balaban J connectivity index is 1.41. The second-order valence-electron chi connectivity index (χ2n) is 8.16. The highest BCUT2D eigenvalue weighted by Crippen LogP contribution is 2.23. The summed E-state index contributed by atoms with van der Waals surface area (Å²) in [5, 5.41) is 7.60. The van der Waals surface area contributed by atoms with Crippen molar-refractivity contribution in [3.8, 4) is 5.69 Å². The Morgan fingerprint density at radius 3 is 2.65 bits per heavy atom. The fourth-order valence-corrected chi connectivity index (χ4v) is 4.21. The molecule has 7 nitrogen and oxygen atoms in total. The lowest BCUT2D eigenvalue weighted by Crippen LogP contribution is -2.46. The minimum atomic E-state index is -0.166. The molecule has 4 rings (SSSR count). The lowest BCUT2D eigenvalue weighted by Gasteiger charge is -2.34. The number of nitrogens with zero attached hydrogens (tertiary/aromatic N) is 3. The van der Waals surface area contributed by atoms with E-state index in [1.807, 2.05) is 61.0 Å². The van der Waals surface area contributed by atoms with Crippen molar-refractivity contribution in [2.24, 2.45) is 0 Å². The average Bonchev–Trinajstić information content (AvgIpc) is 3.34. The molecule has 7 heteroatoms. The van der Waals surface area contributed by atoms with Crippen LogP contribution in [0.15, 0.2) is 46.9 Å². The molecule has 2 aromatic heterocycles. The van der Waals surface area contributed by atoms with Crippen LogP contribution in [0, 0.1) is 13.8 Å². The summed E-state index contributed by atoms with van der Waals surface area (Å²) in [6, 6.07) is 13.6. The molecule has 0 radical (unpaired) electrons. The molecule has 0 bridgehead atoms. The van der Waals surface area contributed by atoms with Crippen molar-refractivity contribution in [3.05, 3.63) is 65.4 Å². The Labute approximate surface area is 183 Å². The molecular formula is C24H30N4O3. The zero-order valence-corrected chi connectivity index (χ0v) is 18.4. The molecular weight excluding hydrogens is 392 g/mol. The monoisotopic (exact) mass is 422 g/mol. The Bertz CT molecular complexity index is 1020. The minimum absolute atomic E-state index is 0.0298. The third-order valence-corrected chi connectivity index (χ3v) is 5.67. The van der Waals surface area contributed by atoms with Crippen LogP contribution in [0.25, 0.3) is 5.69 Å². The number of hydrogen-bond acceptors (Lipinski definition) is 5. The number of aryl methyl sites for hydroxylation is 2. The first-order valence-electron chi connectivity index (χ1n) is 10.8. The first-order valence-corrected chi connectivity index (χ1v) is 10.8. The molecule has 164 valence electrons. The highest BCUT2D eigenvalue weighted by atomic mass is 16.5. The Hall–Kier alpha value is -2.90. The molecule has 1 unspecified atom stereocenters. The van der Waals surface area contributed by atoms with Gasteiger partial charge in [0.1, 0.15) is 18.1 Å². The van der Waals surface area contributed by atoms with Crippen molar-refractivity contribution in [1.82, 2.24) is 14.7 Å². The molecule has 1 atom stereocenters. The highest BCUT2D eigenvalue weighted by molar-refractivity contribution is 5.95. The Morgan fingerprint density at radius 1 is 1.16 bits per heavy atom. The average molecular weight is 423 g/mol. The normalized spacial score (nSPS) is 17.1. The maximum atomic E-state index is 13.1. The van der Waals surface area contributed by atoms with E-state index in [4.69, 9.17) is 9.15 Å². The fraction of sp³-hybridized carbons (Fsp3) is 0.417. The number of methoxy groups -OCH3 is 1. The lowest BCUT2D eigenvalue weighted by molar-refractivity contribution is -0.122. The number of benzene rings is 1. The van der Waals surface area contributed by atoms with Gasteiger partial charge in [-0.25, -0.2) is 4.68 Å². The van der Waals surface area contributed by atoms with Gasteiger partial charge in [0.2, 0.25) is 5.91 Å². The Morgan fingerprint density at radius 2 is 1.94 bits per heavy atom. The number of nitrogens with one attached hydrogen (secondary N) is 1. The quantitative estimate of drug-likeness (QED) is 0.617. The largest absolute Gasteiger partial charge is 0.462 e. The SMILES string of the molecule is COCc1ccc(CN2CCCCC2C(=O)Nc2ccc(-n3nc(C)cc3C)cc2)o1. The van der Waals surface area contributed by atoms with Gasteiger partial charge in [-0.3, -0.25) is 9.69 Å². The third kappa shape index (κ3) is 5.06. The number of ether oxygens (including phenoxy) is 1. The van der Waals surface area contributed by atoms with Crippen LogP contribution in [-0.4, -0.2) is 40.3 Å². The van der Waals surface area contributed by atoms with E-state index in [1.54, 1.807) is 7.11 Å². The smallest absolute Gasteiger partial charge is 0.241 e. The molecule has 0 saturated carbocycles. The van der Waals surface area contributed by atoms with Gasteiger partial charge in [0.25, 0.3) is 0 Å². The number of anilines is 1. The maximum Gasteiger partial charge on any atom is 0.241 e. The van der Waals surface area contributed by atoms with E-state index in [0.717, 1.165) is 60.1 Å². The van der Waals surface area contributed by atoms with Crippen molar-refractivity contribution in [3.63, 3.8) is 0 Å². The highest BCUT2D eigenvalue weighted by Gasteiger charge is 2.29. The van der Waals surface area contributed by atoms with E-state index in [-0.39, 0.29) is 11.9 Å². The summed E-state index contributed by atoms with van der Waals surface area (Å²) in [7, 11) is 1.65. The van der Waals surface area contributed by atoms with Crippen molar-refractivity contribution in [2.45, 2.75) is 52.3 Å². The van der Waals surface area contributed by atoms with Gasteiger partial charge in [-0.05, 0) is 75.7 Å². The second kappa shape index (κ2) is 9.49. The number of piperidine rings is 1. The second-order valence-corrected chi connectivity index (χ2v) is 8.16. The first kappa shape index (κ1) is 21.3. The number of rotatable bonds is 7. The van der Waals surface area contributed by atoms with Crippen molar-refractivity contribution in [2.75, 3.05) is 19.0 Å². The lowest BCUT2D eigenvalue weighted by atomic mass is 10.0. The van der Waals surface area contributed by atoms with Gasteiger partial charge in [0, 0.05) is 18.5 Å². The van der Waals surface area contributed by atoms with E-state index < -0.39 is 0 Å². The van der Waals surface area contributed by atoms with Crippen molar-refractivity contribution in [1.29, 1.82) is 0 Å². The number of carbonyl (C=O) groups is 1. The number of hydrogen-bond donors (Lipinski definition) is 1. The minimum Gasteiger partial charge on any atom is -0.462 e. The zero-order valence-electron chi connectivity index (χ0n) is 18.4. The van der Waals surface area contributed by atoms with Gasteiger partial charge in [0.15, 0.2) is 0 Å². The summed E-state index contributed by atoms with van der Waals surface area (Å²) in [6.45, 7) is 5.98. The summed E-state index contributed by atoms with van der Waals surface area (Å²) in [4.78, 5) is 15.3. The van der Waals surface area contributed by atoms with E-state index in [9.17, 15) is 4.79 Å². The number of aromatic nitrogens is 2. The standard InChI is InChI=1S/C24H30N4O3/c1-17-14-18(2)28(26-17)20-9-7-19(8-10-20)25-24(29)23-6-4-5-13-27(23)15-21-11-12-22(31-21)16-30-3/h7-12,14,23H,4-6,13,15-16H2,1-3H3,(H,25,29). The van der Waals surface area contributed by atoms with Crippen LogP contribution in [0.1, 0.15) is 42.2 Å². The van der Waals surface area contributed by atoms with Crippen molar-refractivity contribution < 1.29 is 13.9 Å². The molecule has 1 fully saturated rings. The van der Waals surface area contributed by atoms with E-state index in [2.05, 4.69) is 15.3 Å². The zero-order chi connectivity index (χ0) is 21.8. The van der Waals surface area contributed by atoms with Crippen LogP contribution in [0.2, 0.25) is 0 Å². The molecule has 3 heterocycles. The number of carbonyl (C=O) groups excluding carboxylic acids is 1. The third-order valence-electron chi connectivity index (χ3n) is 5.67. The molecule has 0 aliphatic carbocycles. The molecule has 1 aliphatic rings. The van der Waals surface area contributed by atoms with Crippen LogP contribution < -0.4 is 5.32 Å². The summed E-state index contributed by atoms with van der Waals surface area (Å²) >= 11 is 0. The van der Waals surface area contributed by atoms with E-state index in [1.165, 1.54) is 0 Å². The van der Waals surface area contributed by atoms with Crippen LogP contribution in [-0.2, 0) is 22.7 Å². The van der Waals surface area contributed by atoms with E-state index >= 15 is 0 Å². The van der Waals surface area contributed by atoms with Gasteiger partial charge in [-0.1, -0.05) is 6.42 Å². The van der Waals surface area contributed by atoms with Crippen LogP contribution in [0.5, 0.6) is 0 Å². The molecule has 3 aromatic rings.